The second kappa shape index (κ2) is 6.01. The van der Waals surface area contributed by atoms with Gasteiger partial charge in [-0.05, 0) is 17.9 Å². The Balaban J connectivity index is 2.24. The first-order valence-corrected chi connectivity index (χ1v) is 7.55. The lowest BCUT2D eigenvalue weighted by Gasteiger charge is -2.50. The molecule has 2 unspecified atom stereocenters. The standard InChI is InChI=1S/C17H26F2N2/c1-16(2,3)14-10-20-17(4,12-21(14)11-15(18)19)13-8-6-5-7-9-13/h5-9,14-15,20H,10-12H2,1-4H3. The summed E-state index contributed by atoms with van der Waals surface area (Å²) in [5.41, 5.74) is 0.842. The highest BCUT2D eigenvalue weighted by Gasteiger charge is 2.41. The van der Waals surface area contributed by atoms with Gasteiger partial charge >= 0.3 is 0 Å². The molecule has 1 aromatic carbocycles. The van der Waals surface area contributed by atoms with E-state index in [1.165, 1.54) is 0 Å². The predicted molar refractivity (Wildman–Crippen MR) is 82.6 cm³/mol. The van der Waals surface area contributed by atoms with Crippen molar-refractivity contribution in [1.82, 2.24) is 10.2 Å². The van der Waals surface area contributed by atoms with Crippen molar-refractivity contribution in [3.05, 3.63) is 35.9 Å². The van der Waals surface area contributed by atoms with Crippen LogP contribution < -0.4 is 5.32 Å². The van der Waals surface area contributed by atoms with E-state index in [1.54, 1.807) is 0 Å². The van der Waals surface area contributed by atoms with Crippen LogP contribution in [-0.2, 0) is 5.54 Å². The highest BCUT2D eigenvalue weighted by molar-refractivity contribution is 5.25. The molecular weight excluding hydrogens is 270 g/mol. The zero-order valence-corrected chi connectivity index (χ0v) is 13.4. The van der Waals surface area contributed by atoms with E-state index in [-0.39, 0.29) is 23.5 Å². The van der Waals surface area contributed by atoms with E-state index in [1.807, 2.05) is 23.1 Å². The quantitative estimate of drug-likeness (QED) is 0.918. The van der Waals surface area contributed by atoms with Crippen molar-refractivity contribution < 1.29 is 8.78 Å². The van der Waals surface area contributed by atoms with E-state index in [4.69, 9.17) is 0 Å². The zero-order valence-electron chi connectivity index (χ0n) is 13.4. The third-order valence-corrected chi connectivity index (χ3v) is 4.43. The van der Waals surface area contributed by atoms with Crippen molar-refractivity contribution in [2.75, 3.05) is 19.6 Å². The minimum atomic E-state index is -2.30. The molecule has 0 saturated carbocycles. The van der Waals surface area contributed by atoms with Crippen molar-refractivity contribution in [3.63, 3.8) is 0 Å². The number of halogens is 2. The van der Waals surface area contributed by atoms with Gasteiger partial charge in [-0.2, -0.15) is 0 Å². The third kappa shape index (κ3) is 3.80. The zero-order chi connectivity index (χ0) is 15.7. The summed E-state index contributed by atoms with van der Waals surface area (Å²) in [7, 11) is 0. The van der Waals surface area contributed by atoms with Gasteiger partial charge in [-0.25, -0.2) is 8.78 Å². The number of nitrogens with one attached hydrogen (secondary N) is 1. The first kappa shape index (κ1) is 16.4. The molecule has 1 aliphatic rings. The van der Waals surface area contributed by atoms with E-state index >= 15 is 0 Å². The summed E-state index contributed by atoms with van der Waals surface area (Å²) in [5.74, 6) is 0. The van der Waals surface area contributed by atoms with Gasteiger partial charge in [-0.1, -0.05) is 51.1 Å². The molecule has 1 N–H and O–H groups in total. The van der Waals surface area contributed by atoms with Gasteiger partial charge in [0.1, 0.15) is 0 Å². The maximum absolute atomic E-state index is 13.0. The molecule has 4 heteroatoms. The largest absolute Gasteiger partial charge is 0.305 e. The van der Waals surface area contributed by atoms with Crippen LogP contribution in [0.1, 0.15) is 33.3 Å². The Bertz CT molecular complexity index is 456. The number of hydrogen-bond acceptors (Lipinski definition) is 2. The molecule has 0 radical (unpaired) electrons. The second-order valence-corrected chi connectivity index (χ2v) is 7.28. The molecule has 0 amide bonds. The highest BCUT2D eigenvalue weighted by atomic mass is 19.3. The van der Waals surface area contributed by atoms with Crippen molar-refractivity contribution >= 4 is 0 Å². The van der Waals surface area contributed by atoms with Crippen LogP contribution in [0.3, 0.4) is 0 Å². The van der Waals surface area contributed by atoms with Crippen LogP contribution in [0.2, 0.25) is 0 Å². The number of rotatable bonds is 3. The number of piperazine rings is 1. The van der Waals surface area contributed by atoms with Crippen LogP contribution in [0, 0.1) is 5.41 Å². The summed E-state index contributed by atoms with van der Waals surface area (Å²) in [4.78, 5) is 1.95. The van der Waals surface area contributed by atoms with Crippen LogP contribution in [0.5, 0.6) is 0 Å². The lowest BCUT2D eigenvalue weighted by atomic mass is 9.80. The molecule has 0 aromatic heterocycles. The Morgan fingerprint density at radius 3 is 2.43 bits per heavy atom. The van der Waals surface area contributed by atoms with Crippen molar-refractivity contribution in [2.45, 2.75) is 45.7 Å². The van der Waals surface area contributed by atoms with Gasteiger partial charge in [0.05, 0.1) is 12.1 Å². The van der Waals surface area contributed by atoms with Gasteiger partial charge in [-0.15, -0.1) is 0 Å². The lowest BCUT2D eigenvalue weighted by molar-refractivity contribution is -0.0138. The maximum Gasteiger partial charge on any atom is 0.251 e. The second-order valence-electron chi connectivity index (χ2n) is 7.28. The fraction of sp³-hybridized carbons (Fsp3) is 0.647. The van der Waals surface area contributed by atoms with Crippen LogP contribution >= 0.6 is 0 Å². The molecular formula is C17H26F2N2. The third-order valence-electron chi connectivity index (χ3n) is 4.43. The highest BCUT2D eigenvalue weighted by Crippen LogP contribution is 2.33. The fourth-order valence-electron chi connectivity index (χ4n) is 3.25. The van der Waals surface area contributed by atoms with E-state index in [2.05, 4.69) is 45.1 Å². The Labute approximate surface area is 126 Å². The monoisotopic (exact) mass is 296 g/mol. The molecule has 21 heavy (non-hydrogen) atoms. The van der Waals surface area contributed by atoms with Gasteiger partial charge in [0.25, 0.3) is 6.43 Å². The minimum Gasteiger partial charge on any atom is -0.305 e. The van der Waals surface area contributed by atoms with Gasteiger partial charge < -0.3 is 5.32 Å². The van der Waals surface area contributed by atoms with Gasteiger partial charge in [-0.3, -0.25) is 4.90 Å². The van der Waals surface area contributed by atoms with Crippen LogP contribution in [-0.4, -0.2) is 37.0 Å². The summed E-state index contributed by atoms with van der Waals surface area (Å²) in [6.07, 6.45) is -2.30. The van der Waals surface area contributed by atoms with Gasteiger partial charge in [0, 0.05) is 19.1 Å². The normalized spacial score (nSPS) is 28.0. The lowest BCUT2D eigenvalue weighted by Crippen LogP contribution is -2.64. The van der Waals surface area contributed by atoms with Gasteiger partial charge in [0.2, 0.25) is 0 Å². The summed E-state index contributed by atoms with van der Waals surface area (Å²) >= 11 is 0. The van der Waals surface area contributed by atoms with Crippen molar-refractivity contribution in [2.24, 2.45) is 5.41 Å². The molecule has 1 heterocycles. The summed E-state index contributed by atoms with van der Waals surface area (Å²) in [6.45, 7) is 9.60. The molecule has 0 spiro atoms. The van der Waals surface area contributed by atoms with Crippen molar-refractivity contribution in [3.8, 4) is 0 Å². The topological polar surface area (TPSA) is 15.3 Å². The number of alkyl halides is 2. The molecule has 0 bridgehead atoms. The molecule has 2 nitrogen and oxygen atoms in total. The minimum absolute atomic E-state index is 0.0279. The van der Waals surface area contributed by atoms with E-state index in [0.29, 0.717) is 6.54 Å². The van der Waals surface area contributed by atoms with Crippen LogP contribution in [0.4, 0.5) is 8.78 Å². The molecule has 1 saturated heterocycles. The fourth-order valence-corrected chi connectivity index (χ4v) is 3.25. The average molecular weight is 296 g/mol. The first-order chi connectivity index (χ1) is 9.72. The molecule has 2 atom stereocenters. The maximum atomic E-state index is 13.0. The van der Waals surface area contributed by atoms with E-state index in [9.17, 15) is 8.78 Å². The average Bonchev–Trinajstić information content (AvgIpc) is 2.37. The van der Waals surface area contributed by atoms with Crippen LogP contribution in [0.15, 0.2) is 30.3 Å². The Kier molecular flexibility index (Phi) is 4.69. The molecule has 118 valence electrons. The molecule has 1 aliphatic heterocycles. The Morgan fingerprint density at radius 1 is 1.29 bits per heavy atom. The van der Waals surface area contributed by atoms with Crippen molar-refractivity contribution in [1.29, 1.82) is 0 Å². The Hall–Kier alpha value is -1.00. The smallest absolute Gasteiger partial charge is 0.251 e. The first-order valence-electron chi connectivity index (χ1n) is 7.55. The predicted octanol–water partition coefficient (Wildman–Crippen LogP) is 3.49. The SMILES string of the molecule is CC1(c2ccccc2)CN(CC(F)F)C(C(C)(C)C)CN1. The van der Waals surface area contributed by atoms with Crippen LogP contribution in [0.25, 0.3) is 0 Å². The molecule has 1 aromatic rings. The molecule has 1 fully saturated rings. The summed E-state index contributed by atoms with van der Waals surface area (Å²) < 4.78 is 25.9. The molecule has 2 rings (SSSR count). The summed E-state index contributed by atoms with van der Waals surface area (Å²) in [6, 6.07) is 10.2. The summed E-state index contributed by atoms with van der Waals surface area (Å²) in [5, 5.41) is 3.59. The number of nitrogens with zero attached hydrogens (tertiary/aromatic N) is 1. The van der Waals surface area contributed by atoms with E-state index < -0.39 is 6.43 Å². The molecule has 0 aliphatic carbocycles. The van der Waals surface area contributed by atoms with Gasteiger partial charge in [0.15, 0.2) is 0 Å². The van der Waals surface area contributed by atoms with E-state index in [0.717, 1.165) is 12.1 Å². The number of benzene rings is 1. The number of hydrogen-bond donors (Lipinski definition) is 1. The Morgan fingerprint density at radius 2 is 1.90 bits per heavy atom.